The Labute approximate surface area is 186 Å². The van der Waals surface area contributed by atoms with Gasteiger partial charge in [-0.15, -0.1) is 23.7 Å². The van der Waals surface area contributed by atoms with Crippen molar-refractivity contribution in [2.45, 2.75) is 43.4 Å². The Bertz CT molecular complexity index is 1160. The molecule has 1 aliphatic heterocycles. The summed E-state index contributed by atoms with van der Waals surface area (Å²) in [4.78, 5) is 19.8. The number of imidazole rings is 1. The molecular formula is C20H25ClN4O3S2. The van der Waals surface area contributed by atoms with Gasteiger partial charge >= 0.3 is 0 Å². The van der Waals surface area contributed by atoms with Gasteiger partial charge in [0.2, 0.25) is 0 Å². The summed E-state index contributed by atoms with van der Waals surface area (Å²) in [5, 5.41) is 0. The van der Waals surface area contributed by atoms with Gasteiger partial charge in [-0.2, -0.15) is 4.31 Å². The second-order valence-electron chi connectivity index (χ2n) is 7.28. The molecule has 4 heterocycles. The third-order valence-corrected chi connectivity index (χ3v) is 8.99. The lowest BCUT2D eigenvalue weighted by Gasteiger charge is -2.31. The van der Waals surface area contributed by atoms with Gasteiger partial charge in [0.25, 0.3) is 15.6 Å². The fourth-order valence-electron chi connectivity index (χ4n) is 3.78. The molecule has 30 heavy (non-hydrogen) atoms. The maximum atomic E-state index is 13.1. The van der Waals surface area contributed by atoms with Crippen molar-refractivity contribution >= 4 is 33.8 Å². The third kappa shape index (κ3) is 4.25. The van der Waals surface area contributed by atoms with E-state index in [9.17, 15) is 13.2 Å². The summed E-state index contributed by atoms with van der Waals surface area (Å²) < 4.78 is 30.3. The van der Waals surface area contributed by atoms with E-state index in [0.717, 1.165) is 29.0 Å². The summed E-state index contributed by atoms with van der Waals surface area (Å²) in [5.74, 6) is 0. The van der Waals surface area contributed by atoms with Crippen molar-refractivity contribution in [3.05, 3.63) is 58.5 Å². The molecule has 1 saturated heterocycles. The van der Waals surface area contributed by atoms with Gasteiger partial charge in [-0.1, -0.05) is 6.92 Å². The Morgan fingerprint density at radius 2 is 2.00 bits per heavy atom. The monoisotopic (exact) mass is 468 g/mol. The van der Waals surface area contributed by atoms with Gasteiger partial charge in [0, 0.05) is 53.2 Å². The number of hydrogen-bond donors (Lipinski definition) is 1. The molecule has 0 amide bonds. The van der Waals surface area contributed by atoms with E-state index in [-0.39, 0.29) is 18.0 Å². The third-order valence-electron chi connectivity index (χ3n) is 5.51. The number of hydrogen-bond acceptors (Lipinski definition) is 5. The van der Waals surface area contributed by atoms with Crippen LogP contribution in [0.25, 0.3) is 10.4 Å². The maximum Gasteiger partial charge on any atom is 0.252 e. The molecule has 4 rings (SSSR count). The van der Waals surface area contributed by atoms with Crippen LogP contribution in [-0.4, -0.2) is 40.3 Å². The summed E-state index contributed by atoms with van der Waals surface area (Å²) in [6.07, 6.45) is 7.64. The van der Waals surface area contributed by atoms with E-state index in [1.165, 1.54) is 11.3 Å². The van der Waals surface area contributed by atoms with Crippen molar-refractivity contribution in [1.29, 1.82) is 0 Å². The predicted octanol–water partition coefficient (Wildman–Crippen LogP) is 3.62. The van der Waals surface area contributed by atoms with Crippen molar-refractivity contribution in [1.82, 2.24) is 18.8 Å². The van der Waals surface area contributed by atoms with Gasteiger partial charge in [-0.25, -0.2) is 13.4 Å². The van der Waals surface area contributed by atoms with Crippen LogP contribution < -0.4 is 5.56 Å². The van der Waals surface area contributed by atoms with Crippen LogP contribution in [0.3, 0.4) is 0 Å². The molecule has 7 nitrogen and oxygen atoms in total. The number of pyridine rings is 1. The van der Waals surface area contributed by atoms with Crippen molar-refractivity contribution in [2.24, 2.45) is 0 Å². The topological polar surface area (TPSA) is 88.1 Å². The van der Waals surface area contributed by atoms with Crippen LogP contribution in [0.15, 0.2) is 45.9 Å². The van der Waals surface area contributed by atoms with E-state index in [0.29, 0.717) is 35.3 Å². The molecule has 0 bridgehead atoms. The van der Waals surface area contributed by atoms with E-state index in [1.807, 2.05) is 32.2 Å². The van der Waals surface area contributed by atoms with Gasteiger partial charge in [-0.05, 0) is 44.4 Å². The van der Waals surface area contributed by atoms with E-state index in [4.69, 9.17) is 0 Å². The van der Waals surface area contributed by atoms with Crippen LogP contribution in [0.2, 0.25) is 0 Å². The number of aromatic amines is 1. The minimum Gasteiger partial charge on any atom is -0.334 e. The molecule has 3 aromatic rings. The lowest BCUT2D eigenvalue weighted by Crippen LogP contribution is -2.38. The van der Waals surface area contributed by atoms with Crippen molar-refractivity contribution in [3.8, 4) is 10.4 Å². The lowest BCUT2D eigenvalue weighted by atomic mass is 10.1. The zero-order valence-corrected chi connectivity index (χ0v) is 19.3. The molecular weight excluding hydrogens is 444 g/mol. The number of H-pyrrole nitrogens is 1. The second kappa shape index (κ2) is 9.05. The summed E-state index contributed by atoms with van der Waals surface area (Å²) >= 11 is 1.26. The first-order valence-electron chi connectivity index (χ1n) is 9.70. The van der Waals surface area contributed by atoms with Crippen molar-refractivity contribution < 1.29 is 8.42 Å². The van der Waals surface area contributed by atoms with E-state index < -0.39 is 10.0 Å². The first kappa shape index (κ1) is 22.7. The number of halogens is 1. The average molecular weight is 469 g/mol. The second-order valence-corrected chi connectivity index (χ2v) is 10.5. The fraction of sp³-hybridized carbons (Fsp3) is 0.400. The van der Waals surface area contributed by atoms with Crippen LogP contribution in [0, 0.1) is 6.92 Å². The molecule has 1 N–H and O–H groups in total. The Morgan fingerprint density at radius 1 is 1.27 bits per heavy atom. The van der Waals surface area contributed by atoms with Crippen LogP contribution >= 0.6 is 23.7 Å². The zero-order chi connectivity index (χ0) is 20.6. The Kier molecular flexibility index (Phi) is 6.86. The SMILES string of the molecule is CCc1cc(-c2ccc(S(=O)(=O)N3CCC(n4ccnc4)CC3)s2)c(C)[nH]c1=O.Cl. The molecule has 0 saturated carbocycles. The minimum atomic E-state index is -3.52. The zero-order valence-electron chi connectivity index (χ0n) is 16.9. The summed E-state index contributed by atoms with van der Waals surface area (Å²) in [7, 11) is -3.52. The van der Waals surface area contributed by atoms with Crippen molar-refractivity contribution in [3.63, 3.8) is 0 Å². The number of nitrogens with one attached hydrogen (secondary N) is 1. The van der Waals surface area contributed by atoms with Crippen LogP contribution in [0.4, 0.5) is 0 Å². The molecule has 0 radical (unpaired) electrons. The Balaban J connectivity index is 0.00000256. The molecule has 3 aromatic heterocycles. The maximum absolute atomic E-state index is 13.1. The number of aryl methyl sites for hydroxylation is 2. The number of aromatic nitrogens is 3. The first-order chi connectivity index (χ1) is 13.9. The number of nitrogens with zero attached hydrogens (tertiary/aromatic N) is 3. The van der Waals surface area contributed by atoms with E-state index >= 15 is 0 Å². The highest BCUT2D eigenvalue weighted by molar-refractivity contribution is 7.91. The van der Waals surface area contributed by atoms with E-state index in [1.54, 1.807) is 22.9 Å². The number of rotatable bonds is 5. The molecule has 0 aromatic carbocycles. The summed E-state index contributed by atoms with van der Waals surface area (Å²) in [6, 6.07) is 5.66. The van der Waals surface area contributed by atoms with Gasteiger partial charge in [0.15, 0.2) is 0 Å². The summed E-state index contributed by atoms with van der Waals surface area (Å²) in [6.45, 7) is 4.76. The first-order valence-corrected chi connectivity index (χ1v) is 12.0. The predicted molar refractivity (Wildman–Crippen MR) is 121 cm³/mol. The standard InChI is InChI=1S/C20H24N4O3S2.ClH/c1-3-15-12-17(14(2)22-20(15)25)18-4-5-19(28-18)29(26,27)24-9-6-16(7-10-24)23-11-8-21-13-23;/h4-5,8,11-13,16H,3,6-7,9-10H2,1-2H3,(H,22,25);1H. The van der Waals surface area contributed by atoms with Crippen LogP contribution in [-0.2, 0) is 16.4 Å². The Morgan fingerprint density at radius 3 is 2.63 bits per heavy atom. The fourth-order valence-corrected chi connectivity index (χ4v) is 6.79. The van der Waals surface area contributed by atoms with Crippen LogP contribution in [0.5, 0.6) is 0 Å². The molecule has 10 heteroatoms. The smallest absolute Gasteiger partial charge is 0.252 e. The normalized spacial score (nSPS) is 15.8. The average Bonchev–Trinajstić information content (AvgIpc) is 3.41. The van der Waals surface area contributed by atoms with Gasteiger partial charge in [-0.3, -0.25) is 4.79 Å². The Hall–Kier alpha value is -1.94. The van der Waals surface area contributed by atoms with Crippen LogP contribution in [0.1, 0.15) is 37.1 Å². The molecule has 0 unspecified atom stereocenters. The molecule has 1 fully saturated rings. The molecule has 0 atom stereocenters. The highest BCUT2D eigenvalue weighted by atomic mass is 35.5. The molecule has 1 aliphatic rings. The highest BCUT2D eigenvalue weighted by Gasteiger charge is 2.31. The summed E-state index contributed by atoms with van der Waals surface area (Å²) in [5.41, 5.74) is 2.25. The quantitative estimate of drug-likeness (QED) is 0.619. The minimum absolute atomic E-state index is 0. The molecule has 0 spiro atoms. The lowest BCUT2D eigenvalue weighted by molar-refractivity contribution is 0.274. The largest absolute Gasteiger partial charge is 0.334 e. The van der Waals surface area contributed by atoms with Gasteiger partial charge < -0.3 is 9.55 Å². The van der Waals surface area contributed by atoms with E-state index in [2.05, 4.69) is 14.5 Å². The number of piperidine rings is 1. The highest BCUT2D eigenvalue weighted by Crippen LogP contribution is 2.35. The molecule has 0 aliphatic carbocycles. The van der Waals surface area contributed by atoms with Crippen molar-refractivity contribution in [2.75, 3.05) is 13.1 Å². The van der Waals surface area contributed by atoms with Gasteiger partial charge in [0.05, 0.1) is 6.33 Å². The number of sulfonamides is 1. The van der Waals surface area contributed by atoms with Gasteiger partial charge in [0.1, 0.15) is 4.21 Å². The number of thiophene rings is 1. The molecule has 162 valence electrons.